The molecule has 0 bridgehead atoms. The lowest BCUT2D eigenvalue weighted by atomic mass is 10.2. The minimum absolute atomic E-state index is 0.136. The first kappa shape index (κ1) is 20.7. The summed E-state index contributed by atoms with van der Waals surface area (Å²) in [4.78, 5) is 16.6. The normalized spacial score (nSPS) is 11.4. The first-order valence-electron chi connectivity index (χ1n) is 7.90. The van der Waals surface area contributed by atoms with Crippen LogP contribution in [0.4, 0.5) is 0 Å². The van der Waals surface area contributed by atoms with Crippen molar-refractivity contribution >= 4 is 50.7 Å². The fourth-order valence-corrected chi connectivity index (χ4v) is 3.68. The zero-order valence-electron chi connectivity index (χ0n) is 14.5. The van der Waals surface area contributed by atoms with Gasteiger partial charge in [0.1, 0.15) is 5.69 Å². The van der Waals surface area contributed by atoms with Crippen molar-refractivity contribution in [2.75, 3.05) is 6.26 Å². The summed E-state index contributed by atoms with van der Waals surface area (Å²) in [5, 5.41) is 1.37. The van der Waals surface area contributed by atoms with Crippen LogP contribution in [0.1, 0.15) is 16.1 Å². The number of nitrogens with one attached hydrogen (secondary N) is 1. The van der Waals surface area contributed by atoms with E-state index in [1.165, 1.54) is 12.3 Å². The van der Waals surface area contributed by atoms with Crippen LogP contribution >= 0.6 is 34.8 Å². The molecule has 3 rings (SSSR count). The Morgan fingerprint density at radius 2 is 1.82 bits per heavy atom. The molecule has 10 heteroatoms. The van der Waals surface area contributed by atoms with E-state index in [1.54, 1.807) is 41.1 Å². The molecule has 3 aromatic rings. The fraction of sp³-hybridized carbons (Fsp3) is 0.111. The van der Waals surface area contributed by atoms with Crippen molar-refractivity contribution in [1.29, 1.82) is 0 Å². The summed E-state index contributed by atoms with van der Waals surface area (Å²) in [5.41, 5.74) is 2.07. The molecule has 0 saturated carbocycles. The molecule has 2 aromatic heterocycles. The van der Waals surface area contributed by atoms with Crippen molar-refractivity contribution in [1.82, 2.24) is 14.3 Å². The molecule has 1 N–H and O–H groups in total. The molecular weight excluding hydrogens is 445 g/mol. The third-order valence-electron chi connectivity index (χ3n) is 3.83. The Hall–Kier alpha value is -2.06. The summed E-state index contributed by atoms with van der Waals surface area (Å²) in [6.45, 7) is 0.181. The molecule has 1 amide bonds. The van der Waals surface area contributed by atoms with Gasteiger partial charge >= 0.3 is 0 Å². The maximum atomic E-state index is 12.5. The van der Waals surface area contributed by atoms with Crippen LogP contribution in [0.5, 0.6) is 0 Å². The second-order valence-corrected chi connectivity index (χ2v) is 9.05. The molecule has 0 unspecified atom stereocenters. The highest BCUT2D eigenvalue weighted by atomic mass is 35.5. The molecule has 0 atom stereocenters. The first-order valence-corrected chi connectivity index (χ1v) is 10.9. The number of carbonyl (C=O) groups is 1. The number of nitrogens with zero attached hydrogens (tertiary/aromatic N) is 2. The quantitative estimate of drug-likeness (QED) is 0.620. The van der Waals surface area contributed by atoms with E-state index in [0.717, 1.165) is 6.26 Å². The van der Waals surface area contributed by atoms with E-state index in [0.29, 0.717) is 31.9 Å². The summed E-state index contributed by atoms with van der Waals surface area (Å²) >= 11 is 18.4. The monoisotopic (exact) mass is 457 g/mol. The number of rotatable bonds is 5. The highest BCUT2D eigenvalue weighted by Crippen LogP contribution is 2.28. The van der Waals surface area contributed by atoms with Gasteiger partial charge in [-0.15, -0.1) is 0 Å². The van der Waals surface area contributed by atoms with Crippen LogP contribution in [-0.4, -0.2) is 30.1 Å². The van der Waals surface area contributed by atoms with Crippen LogP contribution in [0.25, 0.3) is 11.3 Å². The maximum absolute atomic E-state index is 12.5. The van der Waals surface area contributed by atoms with Gasteiger partial charge < -0.3 is 4.57 Å². The number of hydrogen-bond donors (Lipinski definition) is 1. The third kappa shape index (κ3) is 4.86. The summed E-state index contributed by atoms with van der Waals surface area (Å²) in [7, 11) is -3.73. The maximum Gasteiger partial charge on any atom is 0.281 e. The van der Waals surface area contributed by atoms with E-state index in [-0.39, 0.29) is 12.2 Å². The van der Waals surface area contributed by atoms with Gasteiger partial charge in [0.25, 0.3) is 5.91 Å². The topological polar surface area (TPSA) is 81.1 Å². The Kier molecular flexibility index (Phi) is 6.00. The number of pyridine rings is 1. The van der Waals surface area contributed by atoms with Crippen molar-refractivity contribution in [2.45, 2.75) is 6.54 Å². The summed E-state index contributed by atoms with van der Waals surface area (Å²) in [6.07, 6.45) is 3.99. The molecule has 0 saturated heterocycles. The third-order valence-corrected chi connectivity index (χ3v) is 5.19. The molecule has 0 fully saturated rings. The number of benzene rings is 1. The minimum Gasteiger partial charge on any atom is -0.332 e. The standard InChI is InChI=1S/C18H14Cl3N3O3S/c1-28(26,27)23-18(25)17-5-4-16(11-6-14(20)9-22-8-11)24(17)10-12-7-13(19)2-3-15(12)21/h2-9H,10H2,1H3,(H,23,25). The number of halogens is 3. The average Bonchev–Trinajstić information content (AvgIpc) is 3.00. The van der Waals surface area contributed by atoms with Gasteiger partial charge in [-0.2, -0.15) is 0 Å². The van der Waals surface area contributed by atoms with Crippen molar-refractivity contribution in [3.05, 3.63) is 75.1 Å². The van der Waals surface area contributed by atoms with Crippen LogP contribution in [0.3, 0.4) is 0 Å². The highest BCUT2D eigenvalue weighted by molar-refractivity contribution is 7.89. The van der Waals surface area contributed by atoms with Gasteiger partial charge in [0.05, 0.1) is 17.0 Å². The molecule has 6 nitrogen and oxygen atoms in total. The van der Waals surface area contributed by atoms with E-state index < -0.39 is 15.9 Å². The lowest BCUT2D eigenvalue weighted by molar-refractivity contribution is 0.0973. The Morgan fingerprint density at radius 3 is 2.50 bits per heavy atom. The second kappa shape index (κ2) is 8.13. The number of hydrogen-bond acceptors (Lipinski definition) is 4. The van der Waals surface area contributed by atoms with Gasteiger partial charge in [0.2, 0.25) is 10.0 Å². The predicted molar refractivity (Wildman–Crippen MR) is 111 cm³/mol. The Labute approximate surface area is 177 Å². The number of sulfonamides is 1. The van der Waals surface area contributed by atoms with E-state index in [9.17, 15) is 13.2 Å². The van der Waals surface area contributed by atoms with Crippen LogP contribution in [-0.2, 0) is 16.6 Å². The Balaban J connectivity index is 2.13. The van der Waals surface area contributed by atoms with Crippen LogP contribution < -0.4 is 4.72 Å². The number of amides is 1. The molecule has 0 aliphatic carbocycles. The molecule has 1 aromatic carbocycles. The van der Waals surface area contributed by atoms with Gasteiger partial charge in [0.15, 0.2) is 0 Å². The molecule has 0 aliphatic heterocycles. The van der Waals surface area contributed by atoms with Gasteiger partial charge in [-0.05, 0) is 42.0 Å². The largest absolute Gasteiger partial charge is 0.332 e. The summed E-state index contributed by atoms with van der Waals surface area (Å²) < 4.78 is 26.6. The molecule has 28 heavy (non-hydrogen) atoms. The van der Waals surface area contributed by atoms with Crippen molar-refractivity contribution < 1.29 is 13.2 Å². The fourth-order valence-electron chi connectivity index (χ4n) is 2.70. The zero-order chi connectivity index (χ0) is 20.5. The summed E-state index contributed by atoms with van der Waals surface area (Å²) in [5.74, 6) is -0.762. The summed E-state index contributed by atoms with van der Waals surface area (Å²) in [6, 6.07) is 9.89. The first-order chi connectivity index (χ1) is 13.1. The molecule has 2 heterocycles. The van der Waals surface area contributed by atoms with Crippen molar-refractivity contribution in [3.63, 3.8) is 0 Å². The Bertz CT molecular complexity index is 1160. The SMILES string of the molecule is CS(=O)(=O)NC(=O)c1ccc(-c2cncc(Cl)c2)n1Cc1cc(Cl)ccc1Cl. The molecule has 0 radical (unpaired) electrons. The smallest absolute Gasteiger partial charge is 0.281 e. The van der Waals surface area contributed by atoms with E-state index >= 15 is 0 Å². The van der Waals surface area contributed by atoms with E-state index in [2.05, 4.69) is 4.98 Å². The highest BCUT2D eigenvalue weighted by Gasteiger charge is 2.20. The van der Waals surface area contributed by atoms with Crippen molar-refractivity contribution in [3.8, 4) is 11.3 Å². The van der Waals surface area contributed by atoms with E-state index in [1.807, 2.05) is 4.72 Å². The van der Waals surface area contributed by atoms with Gasteiger partial charge in [-0.1, -0.05) is 34.8 Å². The zero-order valence-corrected chi connectivity index (χ0v) is 17.6. The van der Waals surface area contributed by atoms with Crippen LogP contribution in [0.15, 0.2) is 48.8 Å². The van der Waals surface area contributed by atoms with Gasteiger partial charge in [0, 0.05) is 34.5 Å². The molecule has 0 aliphatic rings. The molecule has 146 valence electrons. The molecular formula is C18H14Cl3N3O3S. The predicted octanol–water partition coefficient (Wildman–Crippen LogP) is 4.25. The van der Waals surface area contributed by atoms with Gasteiger partial charge in [-0.25, -0.2) is 13.1 Å². The van der Waals surface area contributed by atoms with Crippen LogP contribution in [0.2, 0.25) is 15.1 Å². The van der Waals surface area contributed by atoms with E-state index in [4.69, 9.17) is 34.8 Å². The number of carbonyl (C=O) groups excluding carboxylic acids is 1. The minimum atomic E-state index is -3.73. The number of aromatic nitrogens is 2. The Morgan fingerprint density at radius 1 is 1.07 bits per heavy atom. The molecule has 0 spiro atoms. The lowest BCUT2D eigenvalue weighted by Gasteiger charge is -2.15. The second-order valence-electron chi connectivity index (χ2n) is 6.02. The van der Waals surface area contributed by atoms with Crippen LogP contribution in [0, 0.1) is 0 Å². The average molecular weight is 459 g/mol. The lowest BCUT2D eigenvalue weighted by Crippen LogP contribution is -2.31. The van der Waals surface area contributed by atoms with Gasteiger partial charge in [-0.3, -0.25) is 9.78 Å². The van der Waals surface area contributed by atoms with Crippen molar-refractivity contribution in [2.24, 2.45) is 0 Å².